The number of hydrogen-bond acceptors (Lipinski definition) is 4. The number of rotatable bonds is 12. The zero-order valence-corrected chi connectivity index (χ0v) is 51.7. The predicted octanol–water partition coefficient (Wildman–Crippen LogP) is 21.2. The van der Waals surface area contributed by atoms with Crippen molar-refractivity contribution < 1.29 is 35.1 Å². The summed E-state index contributed by atoms with van der Waals surface area (Å²) in [5, 5.41) is 2.11. The monoisotopic (exact) mass is 1360 g/mol. The number of ether oxygens (including phenoxy) is 2. The van der Waals surface area contributed by atoms with Crippen molar-refractivity contribution in [2.24, 2.45) is 0 Å². The van der Waals surface area contributed by atoms with E-state index >= 15 is 0 Å². The Morgan fingerprint density at radius 3 is 1.46 bits per heavy atom. The molecule has 1 aliphatic heterocycles. The Bertz CT molecular complexity index is 5130. The Hall–Kier alpha value is -11.6. The Balaban J connectivity index is 0.00000673. The van der Waals surface area contributed by atoms with E-state index in [0.717, 1.165) is 145 Å². The molecule has 0 amide bonds. The predicted molar refractivity (Wildman–Crippen MR) is 367 cm³/mol. The Labute approximate surface area is 547 Å². The molecule has 7 nitrogen and oxygen atoms in total. The summed E-state index contributed by atoms with van der Waals surface area (Å²) in [6.45, 7) is 0. The van der Waals surface area contributed by atoms with E-state index in [9.17, 15) is 0 Å². The van der Waals surface area contributed by atoms with Crippen LogP contribution in [0.2, 0.25) is 0 Å². The Kier molecular flexibility index (Phi) is 14.3. The summed E-state index contributed by atoms with van der Waals surface area (Å²) >= 11 is 0. The van der Waals surface area contributed by atoms with Crippen LogP contribution in [0.25, 0.3) is 117 Å². The van der Waals surface area contributed by atoms with Gasteiger partial charge >= 0.3 is 0 Å². The molecule has 0 spiro atoms. The van der Waals surface area contributed by atoms with Gasteiger partial charge in [-0.25, -0.2) is 4.98 Å². The third kappa shape index (κ3) is 10.1. The number of aromatic nitrogens is 4. The molecule has 0 N–H and O–H groups in total. The minimum absolute atomic E-state index is 0. The van der Waals surface area contributed by atoms with Gasteiger partial charge in [0, 0.05) is 50.3 Å². The molecule has 0 saturated carbocycles. The standard InChI is InChI=1S/C84H53N5O2.Pt/c1-5-23-57(24-6-1)61-47-62(58-25-7-2-8-26-58)50-65(49-61)71-34-22-35-72(66-51-63(59-27-9-3-10-28-59)48-64(52-66)60-29-11-4-12-30-60)84(71)87-56-86(76-37-15-16-38-77(76)87)67-31-21-32-69(53-67)90-70-43-44-74-73-33-13-14-36-75(73)89(80(74)55-70)83-54-68(45-46-85-83)88-78-39-17-19-41-81(78)91-82-42-20-18-40-79(82)88;/h1-52,54H;/q-2;. The molecule has 0 bridgehead atoms. The van der Waals surface area contributed by atoms with Crippen molar-refractivity contribution in [2.45, 2.75) is 0 Å². The third-order valence-electron chi connectivity index (χ3n) is 17.2. The van der Waals surface area contributed by atoms with Gasteiger partial charge in [0.05, 0.1) is 33.8 Å². The number of hydrogen-bond donors (Lipinski definition) is 0. The number of benzene rings is 13. The molecule has 0 unspecified atom stereocenters. The molecule has 0 saturated heterocycles. The minimum atomic E-state index is 0. The molecule has 1 aliphatic rings. The van der Waals surface area contributed by atoms with Crippen LogP contribution in [0.3, 0.4) is 0 Å². The van der Waals surface area contributed by atoms with E-state index in [-0.39, 0.29) is 21.1 Å². The molecule has 0 fully saturated rings. The number of pyridine rings is 1. The van der Waals surface area contributed by atoms with Gasteiger partial charge in [-0.1, -0.05) is 212 Å². The van der Waals surface area contributed by atoms with Gasteiger partial charge in [-0.05, 0) is 151 Å². The molecule has 0 atom stereocenters. The van der Waals surface area contributed by atoms with Crippen LogP contribution in [0.15, 0.2) is 322 Å². The number of nitrogens with zero attached hydrogens (tertiary/aromatic N) is 5. The van der Waals surface area contributed by atoms with E-state index < -0.39 is 0 Å². The molecule has 0 radical (unpaired) electrons. The van der Waals surface area contributed by atoms with E-state index in [1.807, 2.05) is 66.9 Å². The van der Waals surface area contributed by atoms with E-state index in [1.165, 1.54) is 0 Å². The molecule has 438 valence electrons. The average molecular weight is 1360 g/mol. The second-order valence-electron chi connectivity index (χ2n) is 22.7. The maximum Gasteiger partial charge on any atom is 0.268 e. The van der Waals surface area contributed by atoms with Crippen molar-refractivity contribution in [1.29, 1.82) is 0 Å². The van der Waals surface area contributed by atoms with Crippen LogP contribution in [0.5, 0.6) is 23.0 Å². The molecule has 16 aromatic rings. The van der Waals surface area contributed by atoms with Crippen LogP contribution in [-0.4, -0.2) is 14.1 Å². The van der Waals surface area contributed by atoms with Crippen LogP contribution >= 0.6 is 0 Å². The van der Waals surface area contributed by atoms with Gasteiger partial charge in [0.1, 0.15) is 5.82 Å². The van der Waals surface area contributed by atoms with Gasteiger partial charge in [-0.2, -0.15) is 18.2 Å². The molecular weight excluding hydrogens is 1310 g/mol. The summed E-state index contributed by atoms with van der Waals surface area (Å²) in [7, 11) is 0. The second-order valence-corrected chi connectivity index (χ2v) is 22.7. The summed E-state index contributed by atoms with van der Waals surface area (Å²) in [5.74, 6) is 3.36. The van der Waals surface area contributed by atoms with Crippen molar-refractivity contribution in [1.82, 2.24) is 14.1 Å². The molecule has 3 aromatic heterocycles. The fraction of sp³-hybridized carbons (Fsp3) is 0. The first-order valence-electron chi connectivity index (χ1n) is 30.5. The van der Waals surface area contributed by atoms with Crippen LogP contribution in [0.1, 0.15) is 0 Å². The SMILES string of the molecule is [Pt].[c-]1c(Oc2[c-]c3c(cc2)c2ccccc2n3-c2cc(N3c4ccccc4Oc4ccccc43)ccn2)cccc1-n1[c-][n+](-c2c(-c3cc(-c4ccccc4)cc(-c4ccccc4)c3)cccc2-c2cc(-c3ccccc3)cc(-c3ccccc3)c2)c2ccccc21. The molecule has 0 aliphatic carbocycles. The Morgan fingerprint density at radius 2 is 0.870 bits per heavy atom. The fourth-order valence-corrected chi connectivity index (χ4v) is 13.0. The summed E-state index contributed by atoms with van der Waals surface area (Å²) in [6.07, 6.45) is 5.81. The smallest absolute Gasteiger partial charge is 0.268 e. The fourth-order valence-electron chi connectivity index (χ4n) is 13.0. The number of para-hydroxylation sites is 8. The summed E-state index contributed by atoms with van der Waals surface area (Å²) < 4.78 is 19.8. The van der Waals surface area contributed by atoms with Crippen LogP contribution in [0, 0.1) is 18.5 Å². The first kappa shape index (κ1) is 55.7. The van der Waals surface area contributed by atoms with E-state index in [0.29, 0.717) is 11.5 Å². The maximum atomic E-state index is 6.88. The molecular formula is C84H53N5O2Pt-2. The van der Waals surface area contributed by atoms with Crippen LogP contribution in [0.4, 0.5) is 17.1 Å². The van der Waals surface area contributed by atoms with Crippen LogP contribution < -0.4 is 18.9 Å². The molecule has 4 heterocycles. The summed E-state index contributed by atoms with van der Waals surface area (Å²) in [5.41, 5.74) is 21.6. The topological polar surface area (TPSA) is 48.3 Å². The normalized spacial score (nSPS) is 11.7. The zero-order chi connectivity index (χ0) is 60.2. The maximum absolute atomic E-state index is 6.88. The third-order valence-corrected chi connectivity index (χ3v) is 17.2. The van der Waals surface area contributed by atoms with E-state index in [1.54, 1.807) is 0 Å². The van der Waals surface area contributed by atoms with Crippen molar-refractivity contribution in [3.05, 3.63) is 340 Å². The van der Waals surface area contributed by atoms with E-state index in [2.05, 4.69) is 292 Å². The molecule has 8 heteroatoms. The number of fused-ring (bicyclic) bond motifs is 6. The van der Waals surface area contributed by atoms with Gasteiger partial charge in [-0.15, -0.1) is 29.7 Å². The summed E-state index contributed by atoms with van der Waals surface area (Å²) in [4.78, 5) is 7.27. The van der Waals surface area contributed by atoms with Crippen molar-refractivity contribution in [3.8, 4) is 107 Å². The van der Waals surface area contributed by atoms with Gasteiger partial charge in [-0.3, -0.25) is 4.57 Å². The van der Waals surface area contributed by atoms with Gasteiger partial charge in [0.25, 0.3) is 6.33 Å². The molecule has 13 aromatic carbocycles. The number of anilines is 3. The first-order valence-corrected chi connectivity index (χ1v) is 30.5. The molecule has 17 rings (SSSR count). The van der Waals surface area contributed by atoms with Gasteiger partial charge < -0.3 is 23.5 Å². The average Bonchev–Trinajstić information content (AvgIpc) is 1.44. The zero-order valence-electron chi connectivity index (χ0n) is 49.5. The van der Waals surface area contributed by atoms with Gasteiger partial charge in [0.15, 0.2) is 11.5 Å². The van der Waals surface area contributed by atoms with Gasteiger partial charge in [0.2, 0.25) is 0 Å². The first-order chi connectivity index (χ1) is 45.1. The largest absolute Gasteiger partial charge is 0.510 e. The van der Waals surface area contributed by atoms with Crippen molar-refractivity contribution in [3.63, 3.8) is 0 Å². The molecule has 92 heavy (non-hydrogen) atoms. The van der Waals surface area contributed by atoms with Crippen molar-refractivity contribution >= 4 is 49.9 Å². The Morgan fingerprint density at radius 1 is 0.380 bits per heavy atom. The minimum Gasteiger partial charge on any atom is -0.510 e. The van der Waals surface area contributed by atoms with E-state index in [4.69, 9.17) is 14.5 Å². The van der Waals surface area contributed by atoms with Crippen LogP contribution in [-0.2, 0) is 21.1 Å². The summed E-state index contributed by atoms with van der Waals surface area (Å²) in [6, 6.07) is 118. The second kappa shape index (κ2) is 23.7. The quantitative estimate of drug-likeness (QED) is 0.0903. The van der Waals surface area contributed by atoms with Crippen molar-refractivity contribution in [2.75, 3.05) is 4.90 Å². The number of imidazole rings is 1.